The number of para-hydroxylation sites is 1. The zero-order chi connectivity index (χ0) is 18.1. The van der Waals surface area contributed by atoms with E-state index in [2.05, 4.69) is 34.3 Å². The SMILES string of the molecule is Cc1cccc(NC(=O)c2cc(-c3ccc(C)s3)[nH+]c3ccccc23)n1. The van der Waals surface area contributed by atoms with Gasteiger partial charge < -0.3 is 5.32 Å². The molecule has 4 aromatic rings. The molecule has 0 spiro atoms. The Balaban J connectivity index is 1.81. The first-order chi connectivity index (χ1) is 12.6. The topological polar surface area (TPSA) is 56.1 Å². The highest BCUT2D eigenvalue weighted by molar-refractivity contribution is 7.15. The first-order valence-electron chi connectivity index (χ1n) is 8.37. The average Bonchev–Trinajstić information content (AvgIpc) is 3.07. The number of hydrogen-bond acceptors (Lipinski definition) is 3. The number of fused-ring (bicyclic) bond motifs is 1. The summed E-state index contributed by atoms with van der Waals surface area (Å²) in [4.78, 5) is 23.1. The van der Waals surface area contributed by atoms with Crippen LogP contribution in [0, 0.1) is 13.8 Å². The molecule has 1 amide bonds. The van der Waals surface area contributed by atoms with Gasteiger partial charge in [0.15, 0.2) is 0 Å². The van der Waals surface area contributed by atoms with Crippen LogP contribution in [0.4, 0.5) is 5.82 Å². The molecule has 0 atom stereocenters. The number of rotatable bonds is 3. The molecule has 0 fully saturated rings. The van der Waals surface area contributed by atoms with E-state index in [1.807, 2.05) is 49.4 Å². The average molecular weight is 360 g/mol. The molecule has 0 saturated carbocycles. The van der Waals surface area contributed by atoms with E-state index in [9.17, 15) is 4.79 Å². The summed E-state index contributed by atoms with van der Waals surface area (Å²) in [5, 5.41) is 3.80. The minimum atomic E-state index is -0.164. The van der Waals surface area contributed by atoms with Crippen molar-refractivity contribution in [1.82, 2.24) is 4.98 Å². The molecule has 0 unspecified atom stereocenters. The Morgan fingerprint density at radius 3 is 2.65 bits per heavy atom. The van der Waals surface area contributed by atoms with Crippen molar-refractivity contribution in [2.45, 2.75) is 13.8 Å². The lowest BCUT2D eigenvalue weighted by Crippen LogP contribution is -2.17. The maximum Gasteiger partial charge on any atom is 0.257 e. The summed E-state index contributed by atoms with van der Waals surface area (Å²) in [7, 11) is 0. The second-order valence-corrected chi connectivity index (χ2v) is 7.46. The number of nitrogens with zero attached hydrogens (tertiary/aromatic N) is 1. The predicted octanol–water partition coefficient (Wildman–Crippen LogP) is 4.65. The Bertz CT molecular complexity index is 1120. The van der Waals surface area contributed by atoms with Crippen molar-refractivity contribution in [2.75, 3.05) is 5.32 Å². The molecule has 3 aromatic heterocycles. The Morgan fingerprint density at radius 1 is 1.04 bits per heavy atom. The van der Waals surface area contributed by atoms with E-state index in [1.54, 1.807) is 17.4 Å². The minimum absolute atomic E-state index is 0.164. The smallest absolute Gasteiger partial charge is 0.257 e. The van der Waals surface area contributed by atoms with Crippen LogP contribution in [0.1, 0.15) is 20.9 Å². The lowest BCUT2D eigenvalue weighted by atomic mass is 10.1. The quantitative estimate of drug-likeness (QED) is 0.578. The van der Waals surface area contributed by atoms with E-state index in [-0.39, 0.29) is 5.91 Å². The third-order valence-electron chi connectivity index (χ3n) is 4.16. The normalized spacial score (nSPS) is 10.8. The summed E-state index contributed by atoms with van der Waals surface area (Å²) >= 11 is 1.70. The fourth-order valence-corrected chi connectivity index (χ4v) is 3.77. The van der Waals surface area contributed by atoms with Gasteiger partial charge in [-0.15, -0.1) is 11.3 Å². The molecule has 128 valence electrons. The van der Waals surface area contributed by atoms with Gasteiger partial charge in [-0.05, 0) is 44.2 Å². The minimum Gasteiger partial charge on any atom is -0.307 e. The van der Waals surface area contributed by atoms with Crippen molar-refractivity contribution in [2.24, 2.45) is 0 Å². The molecule has 0 aliphatic heterocycles. The highest BCUT2D eigenvalue weighted by Crippen LogP contribution is 2.27. The number of carbonyl (C=O) groups excluding carboxylic acids is 1. The van der Waals surface area contributed by atoms with Gasteiger partial charge in [-0.1, -0.05) is 18.2 Å². The van der Waals surface area contributed by atoms with E-state index in [0.29, 0.717) is 11.4 Å². The zero-order valence-corrected chi connectivity index (χ0v) is 15.4. The third-order valence-corrected chi connectivity index (χ3v) is 5.19. The van der Waals surface area contributed by atoms with Gasteiger partial charge in [0.25, 0.3) is 5.91 Å². The van der Waals surface area contributed by atoms with Crippen molar-refractivity contribution in [1.29, 1.82) is 0 Å². The summed E-state index contributed by atoms with van der Waals surface area (Å²) in [6, 6.07) is 19.5. The fourth-order valence-electron chi connectivity index (χ4n) is 2.93. The molecule has 5 heteroatoms. The Morgan fingerprint density at radius 2 is 1.88 bits per heavy atom. The number of aromatic nitrogens is 2. The molecular formula is C21H18N3OS+. The van der Waals surface area contributed by atoms with E-state index in [1.165, 1.54) is 4.88 Å². The second kappa shape index (κ2) is 6.69. The number of pyridine rings is 2. The largest absolute Gasteiger partial charge is 0.307 e. The lowest BCUT2D eigenvalue weighted by molar-refractivity contribution is -0.330. The molecule has 0 aliphatic carbocycles. The molecule has 26 heavy (non-hydrogen) atoms. The summed E-state index contributed by atoms with van der Waals surface area (Å²) < 4.78 is 0. The molecular weight excluding hydrogens is 342 g/mol. The number of benzene rings is 1. The molecule has 0 bridgehead atoms. The van der Waals surface area contributed by atoms with Crippen LogP contribution >= 0.6 is 11.3 Å². The van der Waals surface area contributed by atoms with Crippen LogP contribution in [0.15, 0.2) is 60.7 Å². The highest BCUT2D eigenvalue weighted by atomic mass is 32.1. The van der Waals surface area contributed by atoms with Gasteiger partial charge in [0.2, 0.25) is 11.2 Å². The van der Waals surface area contributed by atoms with Crippen LogP contribution in [0.3, 0.4) is 0 Å². The summed E-state index contributed by atoms with van der Waals surface area (Å²) in [6.07, 6.45) is 0. The lowest BCUT2D eigenvalue weighted by Gasteiger charge is -2.07. The van der Waals surface area contributed by atoms with Crippen LogP contribution in [-0.4, -0.2) is 10.9 Å². The number of thiophene rings is 1. The maximum absolute atomic E-state index is 13.0. The Kier molecular flexibility index (Phi) is 4.22. The summed E-state index contributed by atoms with van der Waals surface area (Å²) in [5.74, 6) is 0.392. The van der Waals surface area contributed by atoms with Gasteiger partial charge in [0.05, 0.1) is 15.8 Å². The zero-order valence-electron chi connectivity index (χ0n) is 14.5. The van der Waals surface area contributed by atoms with Crippen molar-refractivity contribution < 1.29 is 9.78 Å². The number of hydrogen-bond donors (Lipinski definition) is 1. The van der Waals surface area contributed by atoms with E-state index < -0.39 is 0 Å². The van der Waals surface area contributed by atoms with Crippen molar-refractivity contribution in [3.05, 3.63) is 76.8 Å². The number of nitrogens with one attached hydrogen (secondary N) is 2. The van der Waals surface area contributed by atoms with Crippen molar-refractivity contribution in [3.63, 3.8) is 0 Å². The first kappa shape index (κ1) is 16.4. The molecule has 0 aliphatic rings. The molecule has 1 aromatic carbocycles. The molecule has 4 rings (SSSR count). The van der Waals surface area contributed by atoms with E-state index >= 15 is 0 Å². The monoisotopic (exact) mass is 360 g/mol. The number of anilines is 1. The molecule has 4 nitrogen and oxygen atoms in total. The molecule has 0 saturated heterocycles. The third kappa shape index (κ3) is 3.21. The Hall–Kier alpha value is -3.05. The number of aryl methyl sites for hydroxylation is 2. The van der Waals surface area contributed by atoms with Crippen LogP contribution < -0.4 is 10.3 Å². The maximum atomic E-state index is 13.0. The van der Waals surface area contributed by atoms with Gasteiger partial charge in [-0.25, -0.2) is 9.97 Å². The summed E-state index contributed by atoms with van der Waals surface area (Å²) in [6.45, 7) is 3.98. The van der Waals surface area contributed by atoms with Crippen LogP contribution in [0.25, 0.3) is 21.5 Å². The van der Waals surface area contributed by atoms with Gasteiger partial charge in [-0.2, -0.15) is 0 Å². The number of H-pyrrole nitrogens is 1. The number of carbonyl (C=O) groups is 1. The van der Waals surface area contributed by atoms with Crippen molar-refractivity contribution in [3.8, 4) is 10.6 Å². The van der Waals surface area contributed by atoms with E-state index in [0.717, 1.165) is 27.2 Å². The standard InChI is InChI=1S/C21H17N3OS/c1-13-6-5-9-20(22-13)24-21(25)16-12-18(19-11-10-14(2)26-19)23-17-8-4-3-7-15(16)17/h3-12H,1-2H3,(H,22,24,25)/p+1. The summed E-state index contributed by atoms with van der Waals surface area (Å²) in [5.41, 5.74) is 3.36. The molecule has 3 heterocycles. The molecule has 2 N–H and O–H groups in total. The second-order valence-electron chi connectivity index (χ2n) is 6.17. The van der Waals surface area contributed by atoms with Crippen LogP contribution in [0.2, 0.25) is 0 Å². The fraction of sp³-hybridized carbons (Fsp3) is 0.0952. The van der Waals surface area contributed by atoms with Gasteiger partial charge in [0, 0.05) is 22.7 Å². The van der Waals surface area contributed by atoms with Crippen LogP contribution in [-0.2, 0) is 0 Å². The predicted molar refractivity (Wildman–Crippen MR) is 105 cm³/mol. The van der Waals surface area contributed by atoms with E-state index in [4.69, 9.17) is 0 Å². The number of amides is 1. The Labute approximate surface area is 155 Å². The first-order valence-corrected chi connectivity index (χ1v) is 9.19. The van der Waals surface area contributed by atoms with Gasteiger partial charge in [0.1, 0.15) is 5.82 Å². The molecule has 0 radical (unpaired) electrons. The van der Waals surface area contributed by atoms with Gasteiger partial charge in [-0.3, -0.25) is 4.79 Å². The van der Waals surface area contributed by atoms with Crippen LogP contribution in [0.5, 0.6) is 0 Å². The number of aromatic amines is 1. The van der Waals surface area contributed by atoms with Crippen molar-refractivity contribution >= 4 is 34.0 Å². The van der Waals surface area contributed by atoms with Gasteiger partial charge >= 0.3 is 0 Å². The highest BCUT2D eigenvalue weighted by Gasteiger charge is 2.19.